The number of aryl methyl sites for hydroxylation is 1. The van der Waals surface area contributed by atoms with Gasteiger partial charge in [-0.15, -0.1) is 0 Å². The Morgan fingerprint density at radius 1 is 1.07 bits per heavy atom. The summed E-state index contributed by atoms with van der Waals surface area (Å²) in [5, 5.41) is 4.50. The highest BCUT2D eigenvalue weighted by atomic mass is 19.1. The molecule has 3 heterocycles. The fourth-order valence-corrected chi connectivity index (χ4v) is 5.22. The van der Waals surface area contributed by atoms with Crippen molar-refractivity contribution >= 4 is 17.0 Å². The smallest absolute Gasteiger partial charge is 0.347 e. The molecule has 1 atom stereocenters. The largest absolute Gasteiger partial charge is 0.497 e. The Morgan fingerprint density at radius 3 is 2.65 bits per heavy atom. The maximum absolute atomic E-state index is 15.6. The average Bonchev–Trinajstić information content (AvgIpc) is 3.62. The highest BCUT2D eigenvalue weighted by Crippen LogP contribution is 2.37. The molecule has 5 aromatic rings. The third kappa shape index (κ3) is 5.75. The molecule has 0 N–H and O–H groups in total. The molecule has 0 spiro atoms. The summed E-state index contributed by atoms with van der Waals surface area (Å²) in [6.07, 6.45) is 3.02. The zero-order valence-electron chi connectivity index (χ0n) is 24.2. The second-order valence-corrected chi connectivity index (χ2v) is 10.3. The molecular weight excluding hydrogens is 553 g/mol. The van der Waals surface area contributed by atoms with E-state index in [9.17, 15) is 4.79 Å². The van der Waals surface area contributed by atoms with Crippen LogP contribution in [0.15, 0.2) is 60.9 Å². The Hall–Kier alpha value is -4.93. The van der Waals surface area contributed by atoms with Crippen LogP contribution >= 0.6 is 0 Å². The van der Waals surface area contributed by atoms with Crippen LogP contribution < -0.4 is 14.2 Å². The van der Waals surface area contributed by atoms with E-state index in [0.29, 0.717) is 65.9 Å². The van der Waals surface area contributed by atoms with E-state index in [1.165, 1.54) is 13.2 Å². The lowest BCUT2D eigenvalue weighted by atomic mass is 10.1. The summed E-state index contributed by atoms with van der Waals surface area (Å²) in [5.74, 6) is 1.85. The van der Waals surface area contributed by atoms with Crippen LogP contribution in [0.3, 0.4) is 0 Å². The van der Waals surface area contributed by atoms with Crippen molar-refractivity contribution in [3.63, 3.8) is 0 Å². The van der Waals surface area contributed by atoms with Gasteiger partial charge in [-0.05, 0) is 49.1 Å². The Morgan fingerprint density at radius 2 is 1.91 bits per heavy atom. The highest BCUT2D eigenvalue weighted by Gasteiger charge is 2.24. The van der Waals surface area contributed by atoms with E-state index in [1.807, 2.05) is 37.3 Å². The van der Waals surface area contributed by atoms with Gasteiger partial charge in [0.25, 0.3) is 0 Å². The van der Waals surface area contributed by atoms with Crippen LogP contribution in [-0.2, 0) is 22.6 Å². The van der Waals surface area contributed by atoms with Gasteiger partial charge in [0, 0.05) is 24.2 Å². The molecule has 0 aliphatic carbocycles. The minimum absolute atomic E-state index is 0.300. The lowest BCUT2D eigenvalue weighted by molar-refractivity contribution is -0.148. The lowest BCUT2D eigenvalue weighted by Crippen LogP contribution is -2.27. The molecule has 11 heteroatoms. The number of aromatic nitrogens is 5. The summed E-state index contributed by atoms with van der Waals surface area (Å²) < 4.78 is 41.5. The number of carbonyl (C=O) groups is 1. The molecule has 3 aromatic carbocycles. The first-order chi connectivity index (χ1) is 21.0. The third-order valence-corrected chi connectivity index (χ3v) is 7.44. The topological polar surface area (TPSA) is 103 Å². The van der Waals surface area contributed by atoms with E-state index in [2.05, 4.69) is 14.6 Å². The molecule has 1 aliphatic rings. The molecule has 0 bridgehead atoms. The van der Waals surface area contributed by atoms with Crippen molar-refractivity contribution in [1.82, 2.24) is 24.3 Å². The predicted octanol–water partition coefficient (Wildman–Crippen LogP) is 5.66. The summed E-state index contributed by atoms with van der Waals surface area (Å²) in [7, 11) is 2.96. The molecule has 0 radical (unpaired) electrons. The summed E-state index contributed by atoms with van der Waals surface area (Å²) >= 11 is 0. The van der Waals surface area contributed by atoms with Crippen molar-refractivity contribution in [3.8, 4) is 40.0 Å². The van der Waals surface area contributed by atoms with Crippen molar-refractivity contribution < 1.29 is 28.1 Å². The number of carbonyl (C=O) groups excluding carboxylic acids is 1. The molecule has 0 saturated heterocycles. The number of hydrogen-bond donors (Lipinski definition) is 0. The van der Waals surface area contributed by atoms with Crippen molar-refractivity contribution in [2.45, 2.75) is 45.4 Å². The maximum atomic E-state index is 15.6. The van der Waals surface area contributed by atoms with Crippen molar-refractivity contribution in [2.24, 2.45) is 0 Å². The summed E-state index contributed by atoms with van der Waals surface area (Å²) in [5.41, 5.74) is 3.37. The minimum atomic E-state index is -0.750. The predicted molar refractivity (Wildman–Crippen MR) is 158 cm³/mol. The van der Waals surface area contributed by atoms with E-state index < -0.39 is 17.9 Å². The Balaban J connectivity index is 1.31. The number of benzene rings is 3. The number of methoxy groups -OCH3 is 2. The zero-order valence-corrected chi connectivity index (χ0v) is 24.2. The Bertz CT molecular complexity index is 1760. The molecule has 222 valence electrons. The number of esters is 1. The number of hydrogen-bond acceptors (Lipinski definition) is 8. The van der Waals surface area contributed by atoms with Gasteiger partial charge in [-0.2, -0.15) is 5.10 Å². The molecule has 0 saturated carbocycles. The van der Waals surface area contributed by atoms with Gasteiger partial charge >= 0.3 is 5.97 Å². The van der Waals surface area contributed by atoms with Crippen LogP contribution in [0, 0.1) is 5.82 Å². The molecule has 0 fully saturated rings. The number of imidazole rings is 1. The molecule has 0 amide bonds. The standard InChI is InChI=1S/C32H32FN5O5/c1-4-27(32(39)41-3)43-23-16-26-29-28(17-23)42-14-6-5-13-38(29)31(35-26)21-9-12-24(25(33)15-21)30-34-19-37(36-30)18-20-7-10-22(40-2)11-8-20/h7-12,15-17,19,27H,4-6,13-14,18H2,1-3H3/t27-/m0/s1. The zero-order chi connectivity index (χ0) is 29.9. The lowest BCUT2D eigenvalue weighted by Gasteiger charge is -2.19. The Labute approximate surface area is 248 Å². The van der Waals surface area contributed by atoms with Crippen LogP contribution in [0.4, 0.5) is 4.39 Å². The monoisotopic (exact) mass is 585 g/mol. The van der Waals surface area contributed by atoms with Crippen molar-refractivity contribution in [1.29, 1.82) is 0 Å². The first kappa shape index (κ1) is 28.2. The summed E-state index contributed by atoms with van der Waals surface area (Å²) in [6, 6.07) is 16.2. The van der Waals surface area contributed by atoms with Crippen LogP contribution in [0.2, 0.25) is 0 Å². The van der Waals surface area contributed by atoms with Crippen LogP contribution in [0.5, 0.6) is 17.2 Å². The quantitative estimate of drug-likeness (QED) is 0.204. The second-order valence-electron chi connectivity index (χ2n) is 10.3. The third-order valence-electron chi connectivity index (χ3n) is 7.44. The van der Waals surface area contributed by atoms with E-state index >= 15 is 4.39 Å². The normalized spacial score (nSPS) is 13.6. The van der Waals surface area contributed by atoms with E-state index in [-0.39, 0.29) is 0 Å². The number of rotatable bonds is 9. The maximum Gasteiger partial charge on any atom is 0.347 e. The molecule has 6 rings (SSSR count). The first-order valence-electron chi connectivity index (χ1n) is 14.2. The van der Waals surface area contributed by atoms with Crippen molar-refractivity contribution in [2.75, 3.05) is 20.8 Å². The van der Waals surface area contributed by atoms with Gasteiger partial charge in [0.15, 0.2) is 11.9 Å². The van der Waals surface area contributed by atoms with E-state index in [0.717, 1.165) is 29.7 Å². The number of halogens is 1. The van der Waals surface area contributed by atoms with E-state index in [1.54, 1.807) is 36.3 Å². The van der Waals surface area contributed by atoms with Crippen molar-refractivity contribution in [3.05, 3.63) is 72.3 Å². The molecular formula is C32H32FN5O5. The SMILES string of the molecule is CC[C@H](Oc1cc2c3c(c1)nc(-c1ccc(-c4ncn(Cc5ccc(OC)cc5)n4)c(F)c1)n3CCCCO2)C(=O)OC. The summed E-state index contributed by atoms with van der Waals surface area (Å²) in [4.78, 5) is 21.4. The van der Waals surface area contributed by atoms with E-state index in [4.69, 9.17) is 23.9 Å². The van der Waals surface area contributed by atoms with Gasteiger partial charge in [-0.1, -0.05) is 25.1 Å². The molecule has 2 aromatic heterocycles. The first-order valence-corrected chi connectivity index (χ1v) is 14.2. The van der Waals surface area contributed by atoms with Crippen LogP contribution in [0.1, 0.15) is 31.7 Å². The van der Waals surface area contributed by atoms with Gasteiger partial charge in [0.2, 0.25) is 0 Å². The molecule has 0 unspecified atom stereocenters. The highest BCUT2D eigenvalue weighted by molar-refractivity contribution is 5.88. The Kier molecular flexibility index (Phi) is 7.95. The van der Waals surface area contributed by atoms with Gasteiger partial charge in [-0.25, -0.2) is 23.8 Å². The van der Waals surface area contributed by atoms with Crippen LogP contribution in [0.25, 0.3) is 33.8 Å². The number of nitrogens with zero attached hydrogens (tertiary/aromatic N) is 5. The fourth-order valence-electron chi connectivity index (χ4n) is 5.22. The van der Waals surface area contributed by atoms with Gasteiger partial charge in [-0.3, -0.25) is 0 Å². The van der Waals surface area contributed by atoms with Gasteiger partial charge < -0.3 is 23.5 Å². The minimum Gasteiger partial charge on any atom is -0.497 e. The molecule has 43 heavy (non-hydrogen) atoms. The summed E-state index contributed by atoms with van der Waals surface area (Å²) in [6.45, 7) is 3.59. The fraction of sp³-hybridized carbons (Fsp3) is 0.312. The average molecular weight is 586 g/mol. The van der Waals surface area contributed by atoms with Crippen LogP contribution in [-0.4, -0.2) is 57.2 Å². The molecule has 1 aliphatic heterocycles. The molecule has 10 nitrogen and oxygen atoms in total. The number of ether oxygens (including phenoxy) is 4. The van der Waals surface area contributed by atoms with Gasteiger partial charge in [0.1, 0.15) is 40.7 Å². The second kappa shape index (κ2) is 12.1. The van der Waals surface area contributed by atoms with Gasteiger partial charge in [0.05, 0.1) is 38.5 Å².